The molecule has 1 aromatic carbocycles. The maximum atomic E-state index is 11.7. The first-order chi connectivity index (χ1) is 9.16. The summed E-state index contributed by atoms with van der Waals surface area (Å²) in [6.45, 7) is 3.37. The summed E-state index contributed by atoms with van der Waals surface area (Å²) in [6, 6.07) is 6.11. The van der Waals surface area contributed by atoms with Gasteiger partial charge in [-0.2, -0.15) is 0 Å². The summed E-state index contributed by atoms with van der Waals surface area (Å²) < 4.78 is 10.3. The SMILES string of the molecule is CCCCOCCOC(=O)[C@H](N)c1ccccc1Cl. The summed E-state index contributed by atoms with van der Waals surface area (Å²) >= 11 is 5.97. The molecule has 0 aliphatic heterocycles. The highest BCUT2D eigenvalue weighted by molar-refractivity contribution is 6.31. The van der Waals surface area contributed by atoms with E-state index in [0.717, 1.165) is 12.8 Å². The van der Waals surface area contributed by atoms with E-state index in [9.17, 15) is 4.79 Å². The van der Waals surface area contributed by atoms with E-state index >= 15 is 0 Å². The summed E-state index contributed by atoms with van der Waals surface area (Å²) in [4.78, 5) is 11.7. The van der Waals surface area contributed by atoms with E-state index in [4.69, 9.17) is 26.8 Å². The minimum absolute atomic E-state index is 0.209. The van der Waals surface area contributed by atoms with Gasteiger partial charge < -0.3 is 15.2 Å². The highest BCUT2D eigenvalue weighted by atomic mass is 35.5. The van der Waals surface area contributed by atoms with Gasteiger partial charge in [-0.05, 0) is 18.1 Å². The van der Waals surface area contributed by atoms with Crippen molar-refractivity contribution >= 4 is 17.6 Å². The van der Waals surface area contributed by atoms with Gasteiger partial charge >= 0.3 is 5.97 Å². The fraction of sp³-hybridized carbons (Fsp3) is 0.500. The molecule has 19 heavy (non-hydrogen) atoms. The second-order valence-electron chi connectivity index (χ2n) is 4.13. The Kier molecular flexibility index (Phi) is 7.48. The molecule has 0 spiro atoms. The van der Waals surface area contributed by atoms with Gasteiger partial charge in [0, 0.05) is 11.6 Å². The summed E-state index contributed by atoms with van der Waals surface area (Å²) in [7, 11) is 0. The number of esters is 1. The van der Waals surface area contributed by atoms with Gasteiger partial charge in [-0.3, -0.25) is 0 Å². The first kappa shape index (κ1) is 16.0. The minimum Gasteiger partial charge on any atom is -0.462 e. The fourth-order valence-electron chi connectivity index (χ4n) is 1.49. The fourth-order valence-corrected chi connectivity index (χ4v) is 1.75. The van der Waals surface area contributed by atoms with Crippen molar-refractivity contribution in [1.82, 2.24) is 0 Å². The van der Waals surface area contributed by atoms with E-state index in [1.807, 2.05) is 0 Å². The number of hydrogen-bond acceptors (Lipinski definition) is 4. The number of rotatable bonds is 8. The van der Waals surface area contributed by atoms with E-state index in [-0.39, 0.29) is 6.61 Å². The van der Waals surface area contributed by atoms with E-state index in [1.54, 1.807) is 24.3 Å². The van der Waals surface area contributed by atoms with Crippen LogP contribution in [0.2, 0.25) is 5.02 Å². The van der Waals surface area contributed by atoms with Crippen LogP contribution >= 0.6 is 11.6 Å². The topological polar surface area (TPSA) is 61.5 Å². The quantitative estimate of drug-likeness (QED) is 0.589. The lowest BCUT2D eigenvalue weighted by molar-refractivity contribution is -0.146. The molecule has 0 aromatic heterocycles. The third-order valence-electron chi connectivity index (χ3n) is 2.61. The van der Waals surface area contributed by atoms with Gasteiger partial charge in [0.05, 0.1) is 6.61 Å². The smallest absolute Gasteiger partial charge is 0.327 e. The molecule has 0 saturated heterocycles. The van der Waals surface area contributed by atoms with E-state index in [2.05, 4.69) is 6.92 Å². The monoisotopic (exact) mass is 285 g/mol. The van der Waals surface area contributed by atoms with Crippen LogP contribution in [0.5, 0.6) is 0 Å². The van der Waals surface area contributed by atoms with E-state index in [1.165, 1.54) is 0 Å². The van der Waals surface area contributed by atoms with Crippen molar-refractivity contribution in [3.05, 3.63) is 34.9 Å². The molecule has 0 amide bonds. The predicted molar refractivity (Wildman–Crippen MR) is 75.1 cm³/mol. The number of unbranched alkanes of at least 4 members (excludes halogenated alkanes) is 1. The molecule has 106 valence electrons. The van der Waals surface area contributed by atoms with Gasteiger partial charge in [0.25, 0.3) is 0 Å². The third kappa shape index (κ3) is 5.59. The zero-order valence-corrected chi connectivity index (χ0v) is 11.9. The molecule has 1 atom stereocenters. The Morgan fingerprint density at radius 2 is 2.05 bits per heavy atom. The summed E-state index contributed by atoms with van der Waals surface area (Å²) in [5.41, 5.74) is 6.37. The third-order valence-corrected chi connectivity index (χ3v) is 2.95. The first-order valence-electron chi connectivity index (χ1n) is 6.41. The highest BCUT2D eigenvalue weighted by Crippen LogP contribution is 2.21. The molecule has 0 unspecified atom stereocenters. The average molecular weight is 286 g/mol. The molecule has 0 saturated carbocycles. The standard InChI is InChI=1S/C14H20ClNO3/c1-2-3-8-18-9-10-19-14(17)13(16)11-6-4-5-7-12(11)15/h4-7,13H,2-3,8-10,16H2,1H3/t13-/m1/s1. The molecule has 1 aromatic rings. The number of carbonyl (C=O) groups is 1. The zero-order chi connectivity index (χ0) is 14.1. The minimum atomic E-state index is -0.857. The molecule has 1 rings (SSSR count). The van der Waals surface area contributed by atoms with E-state index < -0.39 is 12.0 Å². The van der Waals surface area contributed by atoms with Crippen LogP contribution in [-0.4, -0.2) is 25.8 Å². The van der Waals surface area contributed by atoms with Crippen LogP contribution in [0.1, 0.15) is 31.4 Å². The molecular formula is C14H20ClNO3. The van der Waals surface area contributed by atoms with Crippen molar-refractivity contribution in [1.29, 1.82) is 0 Å². The molecule has 0 heterocycles. The summed E-state index contributed by atoms with van der Waals surface area (Å²) in [5.74, 6) is -0.493. The molecule has 0 aliphatic carbocycles. The zero-order valence-electron chi connectivity index (χ0n) is 11.1. The molecular weight excluding hydrogens is 266 g/mol. The van der Waals surface area contributed by atoms with Crippen molar-refractivity contribution in [2.24, 2.45) is 5.73 Å². The van der Waals surface area contributed by atoms with Gasteiger partial charge in [0.15, 0.2) is 0 Å². The number of ether oxygens (including phenoxy) is 2. The lowest BCUT2D eigenvalue weighted by Gasteiger charge is -2.13. The van der Waals surface area contributed by atoms with Crippen LogP contribution in [0.25, 0.3) is 0 Å². The lowest BCUT2D eigenvalue weighted by atomic mass is 10.1. The van der Waals surface area contributed by atoms with Crippen molar-refractivity contribution in [2.45, 2.75) is 25.8 Å². The van der Waals surface area contributed by atoms with Crippen molar-refractivity contribution < 1.29 is 14.3 Å². The number of hydrogen-bond donors (Lipinski definition) is 1. The number of carbonyl (C=O) groups excluding carboxylic acids is 1. The van der Waals surface area contributed by atoms with Crippen LogP contribution in [-0.2, 0) is 14.3 Å². The predicted octanol–water partition coefficient (Wildman–Crippen LogP) is 2.70. The Morgan fingerprint density at radius 3 is 2.74 bits per heavy atom. The van der Waals surface area contributed by atoms with Crippen LogP contribution in [0.4, 0.5) is 0 Å². The molecule has 0 radical (unpaired) electrons. The lowest BCUT2D eigenvalue weighted by Crippen LogP contribution is -2.25. The maximum absolute atomic E-state index is 11.7. The number of nitrogens with two attached hydrogens (primary N) is 1. The number of benzene rings is 1. The average Bonchev–Trinajstić information content (AvgIpc) is 2.42. The second kappa shape index (κ2) is 8.91. The van der Waals surface area contributed by atoms with Crippen LogP contribution in [0.15, 0.2) is 24.3 Å². The molecule has 0 fully saturated rings. The van der Waals surface area contributed by atoms with Crippen molar-refractivity contribution in [3.63, 3.8) is 0 Å². The largest absolute Gasteiger partial charge is 0.462 e. The maximum Gasteiger partial charge on any atom is 0.327 e. The normalized spacial score (nSPS) is 12.2. The Morgan fingerprint density at radius 1 is 1.32 bits per heavy atom. The van der Waals surface area contributed by atoms with Gasteiger partial charge in [-0.1, -0.05) is 43.1 Å². The van der Waals surface area contributed by atoms with Crippen molar-refractivity contribution in [2.75, 3.05) is 19.8 Å². The molecule has 2 N–H and O–H groups in total. The second-order valence-corrected chi connectivity index (χ2v) is 4.54. The van der Waals surface area contributed by atoms with Gasteiger partial charge in [-0.25, -0.2) is 4.79 Å². The van der Waals surface area contributed by atoms with Crippen LogP contribution < -0.4 is 5.73 Å². The first-order valence-corrected chi connectivity index (χ1v) is 6.79. The van der Waals surface area contributed by atoms with Gasteiger partial charge in [0.2, 0.25) is 0 Å². The Balaban J connectivity index is 2.31. The molecule has 0 aliphatic rings. The Hall–Kier alpha value is -1.10. The Labute approximate surface area is 118 Å². The Bertz CT molecular complexity index is 398. The van der Waals surface area contributed by atoms with Gasteiger partial charge in [0.1, 0.15) is 12.6 Å². The van der Waals surface area contributed by atoms with Gasteiger partial charge in [-0.15, -0.1) is 0 Å². The molecule has 5 heteroatoms. The van der Waals surface area contributed by atoms with Crippen molar-refractivity contribution in [3.8, 4) is 0 Å². The molecule has 0 bridgehead atoms. The van der Waals surface area contributed by atoms with E-state index in [0.29, 0.717) is 23.8 Å². The highest BCUT2D eigenvalue weighted by Gasteiger charge is 2.19. The summed E-state index contributed by atoms with van der Waals surface area (Å²) in [6.07, 6.45) is 2.09. The molecule has 4 nitrogen and oxygen atoms in total. The summed E-state index contributed by atoms with van der Waals surface area (Å²) in [5, 5.41) is 0.464. The van der Waals surface area contributed by atoms with Crippen LogP contribution in [0, 0.1) is 0 Å². The van der Waals surface area contributed by atoms with Crippen LogP contribution in [0.3, 0.4) is 0 Å². The number of halogens is 1.